The predicted octanol–water partition coefficient (Wildman–Crippen LogP) is 4.29. The number of amides is 1. The maximum absolute atomic E-state index is 12.9. The Hall–Kier alpha value is -4.37. The molecule has 1 N–H and O–H groups in total. The molecule has 0 aromatic heterocycles. The number of nitrogens with zero attached hydrogens (tertiary/aromatic N) is 1. The van der Waals surface area contributed by atoms with Crippen molar-refractivity contribution in [2.75, 3.05) is 19.0 Å². The zero-order valence-corrected chi connectivity index (χ0v) is 16.9. The van der Waals surface area contributed by atoms with Crippen LogP contribution in [0.5, 0.6) is 5.75 Å². The number of carbonyl (C=O) groups excluding carboxylic acids is 2. The van der Waals surface area contributed by atoms with Gasteiger partial charge in [-0.25, -0.2) is 4.79 Å². The van der Waals surface area contributed by atoms with Gasteiger partial charge in [-0.15, -0.1) is 0 Å². The van der Waals surface area contributed by atoms with E-state index in [0.29, 0.717) is 33.7 Å². The number of hydrogen-bond acceptors (Lipinski definition) is 5. The third kappa shape index (κ3) is 5.81. The molecule has 154 valence electrons. The van der Waals surface area contributed by atoms with E-state index in [4.69, 9.17) is 14.7 Å². The summed E-state index contributed by atoms with van der Waals surface area (Å²) in [6.45, 7) is -0.467. The maximum Gasteiger partial charge on any atom is 0.339 e. The van der Waals surface area contributed by atoms with E-state index in [1.165, 1.54) is 6.07 Å². The van der Waals surface area contributed by atoms with Gasteiger partial charge in [0.05, 0.1) is 24.3 Å². The van der Waals surface area contributed by atoms with Crippen molar-refractivity contribution in [3.63, 3.8) is 0 Å². The van der Waals surface area contributed by atoms with E-state index >= 15 is 0 Å². The number of nitrogens with one attached hydrogen (secondary N) is 1. The molecular weight excluding hydrogens is 392 g/mol. The summed E-state index contributed by atoms with van der Waals surface area (Å²) >= 11 is 0. The molecule has 0 fully saturated rings. The minimum absolute atomic E-state index is 0.296. The van der Waals surface area contributed by atoms with E-state index in [1.54, 1.807) is 49.6 Å². The molecule has 0 spiro atoms. The summed E-state index contributed by atoms with van der Waals surface area (Å²) in [5.41, 5.74) is 2.53. The summed E-state index contributed by atoms with van der Waals surface area (Å²) in [7, 11) is 1.55. The summed E-state index contributed by atoms with van der Waals surface area (Å²) in [5.74, 6) is -0.537. The minimum atomic E-state index is -0.641. The van der Waals surface area contributed by atoms with Crippen LogP contribution in [-0.4, -0.2) is 25.6 Å². The van der Waals surface area contributed by atoms with Crippen molar-refractivity contribution in [3.8, 4) is 11.8 Å². The molecule has 0 unspecified atom stereocenters. The van der Waals surface area contributed by atoms with Crippen LogP contribution in [-0.2, 0) is 14.3 Å². The summed E-state index contributed by atoms with van der Waals surface area (Å²) in [6.07, 6.45) is 1.67. The first-order chi connectivity index (χ1) is 15.1. The molecule has 3 aromatic carbocycles. The smallest absolute Gasteiger partial charge is 0.339 e. The molecule has 0 saturated heterocycles. The van der Waals surface area contributed by atoms with Crippen molar-refractivity contribution in [3.05, 3.63) is 95.6 Å². The maximum atomic E-state index is 12.9. The molecule has 1 amide bonds. The highest BCUT2D eigenvalue weighted by Crippen LogP contribution is 2.25. The summed E-state index contributed by atoms with van der Waals surface area (Å²) in [4.78, 5) is 25.1. The molecule has 0 bridgehead atoms. The Labute approximate surface area is 180 Å². The lowest BCUT2D eigenvalue weighted by Crippen LogP contribution is -2.21. The Morgan fingerprint density at radius 2 is 1.74 bits per heavy atom. The van der Waals surface area contributed by atoms with Crippen LogP contribution in [0.1, 0.15) is 16.7 Å². The van der Waals surface area contributed by atoms with Crippen molar-refractivity contribution in [1.82, 2.24) is 0 Å². The molecule has 3 aromatic rings. The normalized spacial score (nSPS) is 10.6. The molecule has 0 heterocycles. The van der Waals surface area contributed by atoms with Gasteiger partial charge in [0, 0.05) is 11.3 Å². The van der Waals surface area contributed by atoms with Crippen LogP contribution in [0.25, 0.3) is 11.6 Å². The van der Waals surface area contributed by atoms with Gasteiger partial charge in [-0.1, -0.05) is 54.6 Å². The number of anilines is 1. The third-order valence-corrected chi connectivity index (χ3v) is 4.35. The molecule has 0 aliphatic heterocycles. The van der Waals surface area contributed by atoms with Gasteiger partial charge < -0.3 is 14.8 Å². The molecule has 6 nitrogen and oxygen atoms in total. The minimum Gasteiger partial charge on any atom is -0.496 e. The van der Waals surface area contributed by atoms with E-state index in [2.05, 4.69) is 5.32 Å². The topological polar surface area (TPSA) is 88.4 Å². The van der Waals surface area contributed by atoms with Crippen molar-refractivity contribution in [1.29, 1.82) is 5.26 Å². The van der Waals surface area contributed by atoms with E-state index in [9.17, 15) is 9.59 Å². The van der Waals surface area contributed by atoms with Gasteiger partial charge in [0.15, 0.2) is 6.61 Å². The van der Waals surface area contributed by atoms with E-state index in [1.807, 2.05) is 42.5 Å². The molecule has 0 atom stereocenters. The van der Waals surface area contributed by atoms with Crippen LogP contribution >= 0.6 is 0 Å². The number of methoxy groups -OCH3 is 1. The fraction of sp³-hybridized carbons (Fsp3) is 0.0800. The zero-order valence-electron chi connectivity index (χ0n) is 16.9. The number of benzene rings is 3. The van der Waals surface area contributed by atoms with Crippen LogP contribution in [0.3, 0.4) is 0 Å². The van der Waals surface area contributed by atoms with Crippen molar-refractivity contribution in [2.24, 2.45) is 0 Å². The average Bonchev–Trinajstić information content (AvgIpc) is 2.82. The zero-order chi connectivity index (χ0) is 22.1. The van der Waals surface area contributed by atoms with Gasteiger partial charge in [0.2, 0.25) is 0 Å². The van der Waals surface area contributed by atoms with Crippen LogP contribution in [0, 0.1) is 11.3 Å². The first kappa shape index (κ1) is 21.3. The van der Waals surface area contributed by atoms with Crippen LogP contribution in [0.4, 0.5) is 5.69 Å². The van der Waals surface area contributed by atoms with Gasteiger partial charge in [-0.2, -0.15) is 5.26 Å². The Bertz CT molecular complexity index is 1150. The molecule has 0 saturated carbocycles. The number of esters is 1. The van der Waals surface area contributed by atoms with Gasteiger partial charge in [-0.05, 0) is 35.9 Å². The lowest BCUT2D eigenvalue weighted by atomic mass is 10.0. The predicted molar refractivity (Wildman–Crippen MR) is 118 cm³/mol. The first-order valence-electron chi connectivity index (χ1n) is 9.48. The van der Waals surface area contributed by atoms with Gasteiger partial charge in [0.25, 0.3) is 5.91 Å². The average molecular weight is 412 g/mol. The third-order valence-electron chi connectivity index (χ3n) is 4.35. The second-order valence-corrected chi connectivity index (χ2v) is 6.48. The number of rotatable bonds is 7. The molecular formula is C25H20N2O4. The molecule has 6 heteroatoms. The van der Waals surface area contributed by atoms with E-state index < -0.39 is 18.5 Å². The SMILES string of the molecule is COc1ccccc1/C=C(/C(=O)OCC(=O)Nc1cccc(C#N)c1)c1ccccc1. The number of para-hydroxylation sites is 1. The molecule has 0 aliphatic rings. The highest BCUT2D eigenvalue weighted by molar-refractivity contribution is 6.22. The van der Waals surface area contributed by atoms with Crippen LogP contribution in [0.15, 0.2) is 78.9 Å². The van der Waals surface area contributed by atoms with Crippen molar-refractivity contribution >= 4 is 29.2 Å². The highest BCUT2D eigenvalue weighted by Gasteiger charge is 2.16. The first-order valence-corrected chi connectivity index (χ1v) is 9.48. The second kappa shape index (κ2) is 10.4. The summed E-state index contributed by atoms with van der Waals surface area (Å²) in [6, 6.07) is 24.8. The van der Waals surface area contributed by atoms with Crippen molar-refractivity contribution < 1.29 is 19.1 Å². The highest BCUT2D eigenvalue weighted by atomic mass is 16.5. The number of carbonyl (C=O) groups is 2. The van der Waals surface area contributed by atoms with E-state index in [0.717, 1.165) is 0 Å². The van der Waals surface area contributed by atoms with Gasteiger partial charge in [-0.3, -0.25) is 4.79 Å². The number of hydrogen-bond donors (Lipinski definition) is 1. The number of nitriles is 1. The molecule has 0 radical (unpaired) electrons. The van der Waals surface area contributed by atoms with Crippen molar-refractivity contribution in [2.45, 2.75) is 0 Å². The summed E-state index contributed by atoms with van der Waals surface area (Å²) < 4.78 is 10.6. The van der Waals surface area contributed by atoms with E-state index in [-0.39, 0.29) is 0 Å². The molecule has 31 heavy (non-hydrogen) atoms. The number of ether oxygens (including phenoxy) is 2. The van der Waals surface area contributed by atoms with Crippen LogP contribution in [0.2, 0.25) is 0 Å². The Kier molecular flexibility index (Phi) is 7.17. The molecule has 0 aliphatic carbocycles. The quantitative estimate of drug-likeness (QED) is 0.355. The Morgan fingerprint density at radius 1 is 1.00 bits per heavy atom. The second-order valence-electron chi connectivity index (χ2n) is 6.48. The Morgan fingerprint density at radius 3 is 2.48 bits per heavy atom. The van der Waals surface area contributed by atoms with Gasteiger partial charge in [0.1, 0.15) is 5.75 Å². The summed E-state index contributed by atoms with van der Waals surface area (Å²) in [5, 5.41) is 11.6. The fourth-order valence-electron chi connectivity index (χ4n) is 2.89. The Balaban J connectivity index is 1.77. The monoisotopic (exact) mass is 412 g/mol. The largest absolute Gasteiger partial charge is 0.496 e. The van der Waals surface area contributed by atoms with Gasteiger partial charge >= 0.3 is 5.97 Å². The lowest BCUT2D eigenvalue weighted by Gasteiger charge is -2.11. The fourth-order valence-corrected chi connectivity index (χ4v) is 2.89. The standard InChI is InChI=1S/C25H20N2O4/c1-30-23-13-6-5-11-20(23)15-22(19-9-3-2-4-10-19)25(29)31-17-24(28)27-21-12-7-8-18(14-21)16-26/h2-15H,17H2,1H3,(H,27,28)/b22-15+. The van der Waals surface area contributed by atoms with Crippen LogP contribution < -0.4 is 10.1 Å². The lowest BCUT2D eigenvalue weighted by molar-refractivity contribution is -0.141. The molecule has 3 rings (SSSR count).